The lowest BCUT2D eigenvalue weighted by atomic mass is 10.2. The van der Waals surface area contributed by atoms with E-state index in [4.69, 9.17) is 10.2 Å². The highest BCUT2D eigenvalue weighted by atomic mass is 16.4. The minimum absolute atomic E-state index is 0.0668. The van der Waals surface area contributed by atoms with E-state index in [1.165, 1.54) is 12.1 Å². The van der Waals surface area contributed by atoms with E-state index in [0.29, 0.717) is 33.2 Å². The Labute approximate surface area is 157 Å². The summed E-state index contributed by atoms with van der Waals surface area (Å²) in [5.74, 6) is -2.12. The van der Waals surface area contributed by atoms with Gasteiger partial charge < -0.3 is 30.8 Å². The van der Waals surface area contributed by atoms with Crippen LogP contribution >= 0.6 is 0 Å². The molecule has 2 amide bonds. The molecule has 9 nitrogen and oxygen atoms in total. The molecule has 0 saturated heterocycles. The molecule has 0 spiro atoms. The number of aromatic carboxylic acids is 2. The van der Waals surface area contributed by atoms with Crippen LogP contribution in [0.1, 0.15) is 21.0 Å². The van der Waals surface area contributed by atoms with Crippen molar-refractivity contribution in [2.75, 3.05) is 10.6 Å². The minimum Gasteiger partial charge on any atom is -0.477 e. The zero-order valence-electron chi connectivity index (χ0n) is 14.2. The number of fused-ring (bicyclic) bond motifs is 2. The zero-order valence-corrected chi connectivity index (χ0v) is 14.2. The molecule has 0 bridgehead atoms. The monoisotopic (exact) mass is 378 g/mol. The van der Waals surface area contributed by atoms with Crippen LogP contribution in [0.25, 0.3) is 21.8 Å². The highest BCUT2D eigenvalue weighted by Gasteiger charge is 2.11. The van der Waals surface area contributed by atoms with Crippen molar-refractivity contribution in [1.82, 2.24) is 9.97 Å². The summed E-state index contributed by atoms with van der Waals surface area (Å²) < 4.78 is 0. The predicted molar refractivity (Wildman–Crippen MR) is 103 cm³/mol. The summed E-state index contributed by atoms with van der Waals surface area (Å²) in [5, 5.41) is 24.7. The maximum absolute atomic E-state index is 12.3. The molecule has 0 atom stereocenters. The van der Waals surface area contributed by atoms with E-state index in [0.717, 1.165) is 0 Å². The molecule has 9 heteroatoms. The van der Waals surface area contributed by atoms with Gasteiger partial charge in [0.2, 0.25) is 0 Å². The van der Waals surface area contributed by atoms with Crippen molar-refractivity contribution in [3.8, 4) is 0 Å². The SMILES string of the molecule is O=C(Nc1ccc2[nH]c(C(=O)O)cc2c1)Nc1ccc2[nH]c(C(=O)O)cc2c1. The summed E-state index contributed by atoms with van der Waals surface area (Å²) in [6.45, 7) is 0. The van der Waals surface area contributed by atoms with E-state index >= 15 is 0 Å². The number of H-pyrrole nitrogens is 2. The third-order valence-corrected chi connectivity index (χ3v) is 4.22. The Morgan fingerprint density at radius 2 is 1.11 bits per heavy atom. The van der Waals surface area contributed by atoms with Crippen LogP contribution < -0.4 is 10.6 Å². The molecule has 0 unspecified atom stereocenters. The summed E-state index contributed by atoms with van der Waals surface area (Å²) in [4.78, 5) is 39.8. The second-order valence-corrected chi connectivity index (χ2v) is 6.16. The molecule has 2 heterocycles. The second kappa shape index (κ2) is 6.47. The largest absolute Gasteiger partial charge is 0.477 e. The van der Waals surface area contributed by atoms with Crippen molar-refractivity contribution in [3.63, 3.8) is 0 Å². The zero-order chi connectivity index (χ0) is 19.8. The highest BCUT2D eigenvalue weighted by molar-refractivity contribution is 6.03. The number of amides is 2. The topological polar surface area (TPSA) is 147 Å². The van der Waals surface area contributed by atoms with Gasteiger partial charge in [-0.25, -0.2) is 14.4 Å². The minimum atomic E-state index is -1.06. The Morgan fingerprint density at radius 1 is 0.679 bits per heavy atom. The van der Waals surface area contributed by atoms with Gasteiger partial charge in [0, 0.05) is 33.2 Å². The molecule has 4 aromatic rings. The van der Waals surface area contributed by atoms with Crippen molar-refractivity contribution >= 4 is 51.2 Å². The maximum Gasteiger partial charge on any atom is 0.352 e. The summed E-state index contributed by atoms with van der Waals surface area (Å²) >= 11 is 0. The van der Waals surface area contributed by atoms with E-state index < -0.39 is 18.0 Å². The molecule has 2 aromatic heterocycles. The fraction of sp³-hybridized carbons (Fsp3) is 0. The van der Waals surface area contributed by atoms with Crippen LogP contribution in [0.3, 0.4) is 0 Å². The number of carboxylic acid groups (broad SMARTS) is 2. The van der Waals surface area contributed by atoms with Crippen LogP contribution in [0, 0.1) is 0 Å². The van der Waals surface area contributed by atoms with E-state index in [1.807, 2.05) is 0 Å². The quantitative estimate of drug-likeness (QED) is 0.320. The van der Waals surface area contributed by atoms with Crippen molar-refractivity contribution in [2.45, 2.75) is 0 Å². The third-order valence-electron chi connectivity index (χ3n) is 4.22. The number of carbonyl (C=O) groups excluding carboxylic acids is 1. The lowest BCUT2D eigenvalue weighted by molar-refractivity contribution is 0.0681. The van der Waals surface area contributed by atoms with E-state index in [-0.39, 0.29) is 11.4 Å². The second-order valence-electron chi connectivity index (χ2n) is 6.16. The van der Waals surface area contributed by atoms with Crippen molar-refractivity contribution < 1.29 is 24.6 Å². The molecule has 28 heavy (non-hydrogen) atoms. The van der Waals surface area contributed by atoms with Gasteiger partial charge in [-0.15, -0.1) is 0 Å². The Morgan fingerprint density at radius 3 is 1.50 bits per heavy atom. The highest BCUT2D eigenvalue weighted by Crippen LogP contribution is 2.22. The molecule has 0 aliphatic carbocycles. The first kappa shape index (κ1) is 17.2. The van der Waals surface area contributed by atoms with Crippen LogP contribution in [-0.4, -0.2) is 38.2 Å². The van der Waals surface area contributed by atoms with Gasteiger partial charge in [-0.1, -0.05) is 0 Å². The van der Waals surface area contributed by atoms with Gasteiger partial charge in [0.25, 0.3) is 0 Å². The lowest BCUT2D eigenvalue weighted by Crippen LogP contribution is -2.19. The molecule has 0 radical (unpaired) electrons. The number of rotatable bonds is 4. The van der Waals surface area contributed by atoms with Crippen LogP contribution in [0.15, 0.2) is 48.5 Å². The predicted octanol–water partition coefficient (Wildman–Crippen LogP) is 3.69. The molecule has 0 aliphatic heterocycles. The molecule has 6 N–H and O–H groups in total. The van der Waals surface area contributed by atoms with Crippen LogP contribution in [0.5, 0.6) is 0 Å². The smallest absolute Gasteiger partial charge is 0.352 e. The molecule has 140 valence electrons. The Hall–Kier alpha value is -4.27. The Kier molecular flexibility index (Phi) is 3.96. The first-order valence-electron chi connectivity index (χ1n) is 8.19. The molecule has 0 aliphatic rings. The fourth-order valence-corrected chi connectivity index (χ4v) is 2.94. The van der Waals surface area contributed by atoms with Crippen LogP contribution in [0.4, 0.5) is 16.2 Å². The molecule has 4 rings (SSSR count). The summed E-state index contributed by atoms with van der Waals surface area (Å²) in [6, 6.07) is 12.5. The maximum atomic E-state index is 12.3. The average molecular weight is 378 g/mol. The Balaban J connectivity index is 1.50. The first-order valence-corrected chi connectivity index (χ1v) is 8.19. The van der Waals surface area contributed by atoms with Gasteiger partial charge in [0.1, 0.15) is 11.4 Å². The van der Waals surface area contributed by atoms with Crippen molar-refractivity contribution in [3.05, 3.63) is 59.9 Å². The van der Waals surface area contributed by atoms with E-state index in [2.05, 4.69) is 20.6 Å². The fourth-order valence-electron chi connectivity index (χ4n) is 2.94. The number of carbonyl (C=O) groups is 3. The van der Waals surface area contributed by atoms with Crippen LogP contribution in [0.2, 0.25) is 0 Å². The number of hydrogen-bond acceptors (Lipinski definition) is 3. The van der Waals surface area contributed by atoms with Crippen molar-refractivity contribution in [2.24, 2.45) is 0 Å². The summed E-state index contributed by atoms with van der Waals surface area (Å²) in [7, 11) is 0. The number of aromatic amines is 2. The number of anilines is 2. The third kappa shape index (κ3) is 3.23. The van der Waals surface area contributed by atoms with Gasteiger partial charge in [-0.3, -0.25) is 0 Å². The molecular weight excluding hydrogens is 364 g/mol. The molecule has 0 fully saturated rings. The first-order chi connectivity index (χ1) is 13.4. The number of hydrogen-bond donors (Lipinski definition) is 6. The number of aromatic nitrogens is 2. The average Bonchev–Trinajstić information content (AvgIpc) is 3.24. The molecule has 0 saturated carbocycles. The normalized spacial score (nSPS) is 10.9. The van der Waals surface area contributed by atoms with Gasteiger partial charge in [0.15, 0.2) is 0 Å². The van der Waals surface area contributed by atoms with Gasteiger partial charge >= 0.3 is 18.0 Å². The van der Waals surface area contributed by atoms with E-state index in [1.54, 1.807) is 36.4 Å². The number of carboxylic acids is 2. The summed E-state index contributed by atoms with van der Waals surface area (Å²) in [5.41, 5.74) is 2.42. The van der Waals surface area contributed by atoms with E-state index in [9.17, 15) is 14.4 Å². The Bertz CT molecular complexity index is 1160. The number of benzene rings is 2. The number of urea groups is 1. The van der Waals surface area contributed by atoms with Gasteiger partial charge in [-0.05, 0) is 48.5 Å². The number of nitrogens with one attached hydrogen (secondary N) is 4. The van der Waals surface area contributed by atoms with Gasteiger partial charge in [0.05, 0.1) is 0 Å². The molecular formula is C19H14N4O5. The standard InChI is InChI=1S/C19H14N4O5/c24-17(25)15-7-9-5-11(1-3-13(9)22-15)20-19(28)21-12-2-4-14-10(6-12)8-16(23-14)18(26)27/h1-8,22-23H,(H,24,25)(H,26,27)(H2,20,21,28). The van der Waals surface area contributed by atoms with Crippen molar-refractivity contribution in [1.29, 1.82) is 0 Å². The molecule has 2 aromatic carbocycles. The lowest BCUT2D eigenvalue weighted by Gasteiger charge is -2.08. The van der Waals surface area contributed by atoms with Gasteiger partial charge in [-0.2, -0.15) is 0 Å². The summed E-state index contributed by atoms with van der Waals surface area (Å²) in [6.07, 6.45) is 0. The van der Waals surface area contributed by atoms with Crippen LogP contribution in [-0.2, 0) is 0 Å².